The molecule has 0 aromatic rings. The normalized spacial score (nSPS) is 52.0. The van der Waals surface area contributed by atoms with Crippen LogP contribution < -0.4 is 0 Å². The number of rotatable bonds is 1. The third-order valence-corrected chi connectivity index (χ3v) is 5.67. The lowest BCUT2D eigenvalue weighted by molar-refractivity contribution is -0.114. The SMILES string of the molecule is CC1C2CC3CC(C2)CC1(N(C)C)C3.O. The van der Waals surface area contributed by atoms with E-state index in [1.807, 2.05) is 0 Å². The zero-order valence-corrected chi connectivity index (χ0v) is 10.3. The lowest BCUT2D eigenvalue weighted by Crippen LogP contribution is -2.62. The van der Waals surface area contributed by atoms with Crippen LogP contribution in [0, 0.1) is 23.7 Å². The maximum Gasteiger partial charge on any atom is 0.0236 e. The Labute approximate surface area is 93.3 Å². The maximum absolute atomic E-state index is 2.56. The molecule has 0 amide bonds. The highest BCUT2D eigenvalue weighted by Gasteiger charge is 2.56. The first kappa shape index (κ1) is 11.4. The van der Waals surface area contributed by atoms with Crippen molar-refractivity contribution in [3.63, 3.8) is 0 Å². The predicted octanol–water partition coefficient (Wildman–Crippen LogP) is 1.94. The van der Waals surface area contributed by atoms with E-state index >= 15 is 0 Å². The number of nitrogens with zero attached hydrogens (tertiary/aromatic N) is 1. The Kier molecular flexibility index (Phi) is 2.63. The van der Waals surface area contributed by atoms with Crippen molar-refractivity contribution in [2.75, 3.05) is 14.1 Å². The van der Waals surface area contributed by atoms with Gasteiger partial charge in [-0.25, -0.2) is 0 Å². The first-order valence-electron chi connectivity index (χ1n) is 6.29. The minimum atomic E-state index is 0. The molecule has 0 saturated heterocycles. The van der Waals surface area contributed by atoms with E-state index in [0.29, 0.717) is 5.54 Å². The van der Waals surface area contributed by atoms with Gasteiger partial charge in [0, 0.05) is 5.54 Å². The summed E-state index contributed by atoms with van der Waals surface area (Å²) in [4.78, 5) is 2.56. The van der Waals surface area contributed by atoms with Gasteiger partial charge in [0.05, 0.1) is 0 Å². The van der Waals surface area contributed by atoms with E-state index in [0.717, 1.165) is 23.7 Å². The van der Waals surface area contributed by atoms with Crippen molar-refractivity contribution < 1.29 is 5.48 Å². The Morgan fingerprint density at radius 1 is 1.00 bits per heavy atom. The number of hydrogen-bond acceptors (Lipinski definition) is 1. The van der Waals surface area contributed by atoms with Crippen LogP contribution in [0.15, 0.2) is 0 Å². The lowest BCUT2D eigenvalue weighted by atomic mass is 9.48. The second kappa shape index (κ2) is 3.46. The van der Waals surface area contributed by atoms with Crippen LogP contribution >= 0.6 is 0 Å². The second-order valence-electron chi connectivity index (χ2n) is 6.39. The molecule has 2 nitrogen and oxygen atoms in total. The van der Waals surface area contributed by atoms with E-state index < -0.39 is 0 Å². The first-order chi connectivity index (χ1) is 6.62. The molecule has 4 rings (SSSR count). The molecule has 2 N–H and O–H groups in total. The fourth-order valence-corrected chi connectivity index (χ4v) is 5.02. The fourth-order valence-electron chi connectivity index (χ4n) is 5.02. The Morgan fingerprint density at radius 2 is 1.53 bits per heavy atom. The highest BCUT2D eigenvalue weighted by molar-refractivity contribution is 5.09. The van der Waals surface area contributed by atoms with Gasteiger partial charge >= 0.3 is 0 Å². The Hall–Kier alpha value is -0.0800. The standard InChI is InChI=1S/C13H23N.H2O/c1-9-12-5-10-4-11(6-12)8-13(9,7-10)14(2)3;/h9-12H,4-8H2,1-3H3;1H2. The summed E-state index contributed by atoms with van der Waals surface area (Å²) in [6, 6.07) is 0. The average Bonchev–Trinajstić information content (AvgIpc) is 2.12. The molecule has 3 atom stereocenters. The Morgan fingerprint density at radius 3 is 2.00 bits per heavy atom. The summed E-state index contributed by atoms with van der Waals surface area (Å²) in [6.45, 7) is 2.52. The quantitative estimate of drug-likeness (QED) is 0.652. The van der Waals surface area contributed by atoms with Gasteiger partial charge in [-0.1, -0.05) is 6.92 Å². The van der Waals surface area contributed by atoms with Crippen LogP contribution in [0.2, 0.25) is 0 Å². The Balaban J connectivity index is 0.000000853. The summed E-state index contributed by atoms with van der Waals surface area (Å²) in [5.41, 5.74) is 0.592. The Bertz CT molecular complexity index is 237. The minimum Gasteiger partial charge on any atom is -0.412 e. The van der Waals surface area contributed by atoms with E-state index in [4.69, 9.17) is 0 Å². The summed E-state index contributed by atoms with van der Waals surface area (Å²) in [5, 5.41) is 0. The topological polar surface area (TPSA) is 34.7 Å². The maximum atomic E-state index is 2.56. The smallest absolute Gasteiger partial charge is 0.0236 e. The van der Waals surface area contributed by atoms with E-state index in [1.54, 1.807) is 19.3 Å². The first-order valence-corrected chi connectivity index (χ1v) is 6.29. The average molecular weight is 211 g/mol. The summed E-state index contributed by atoms with van der Waals surface area (Å²) in [5.74, 6) is 4.16. The summed E-state index contributed by atoms with van der Waals surface area (Å²) < 4.78 is 0. The van der Waals surface area contributed by atoms with Gasteiger partial charge in [0.15, 0.2) is 0 Å². The summed E-state index contributed by atoms with van der Waals surface area (Å²) in [7, 11) is 4.62. The molecule has 15 heavy (non-hydrogen) atoms. The largest absolute Gasteiger partial charge is 0.412 e. The molecule has 4 aliphatic rings. The van der Waals surface area contributed by atoms with Gasteiger partial charge in [0.25, 0.3) is 0 Å². The van der Waals surface area contributed by atoms with Crippen LogP contribution in [0.4, 0.5) is 0 Å². The molecule has 88 valence electrons. The molecule has 0 aromatic carbocycles. The van der Waals surface area contributed by atoms with Crippen LogP contribution in [0.25, 0.3) is 0 Å². The zero-order valence-electron chi connectivity index (χ0n) is 10.3. The highest BCUT2D eigenvalue weighted by Crippen LogP contribution is 2.59. The predicted molar refractivity (Wildman–Crippen MR) is 62.8 cm³/mol. The lowest BCUT2D eigenvalue weighted by Gasteiger charge is -2.63. The second-order valence-corrected chi connectivity index (χ2v) is 6.39. The summed E-state index contributed by atoms with van der Waals surface area (Å²) in [6.07, 6.45) is 7.64. The van der Waals surface area contributed by atoms with Crippen molar-refractivity contribution in [3.05, 3.63) is 0 Å². The third-order valence-electron chi connectivity index (χ3n) is 5.67. The van der Waals surface area contributed by atoms with Crippen LogP contribution in [0.1, 0.15) is 39.0 Å². The molecular weight excluding hydrogens is 186 g/mol. The van der Waals surface area contributed by atoms with E-state index in [9.17, 15) is 0 Å². The van der Waals surface area contributed by atoms with Crippen LogP contribution in [0.5, 0.6) is 0 Å². The van der Waals surface area contributed by atoms with Crippen molar-refractivity contribution in [2.45, 2.75) is 44.6 Å². The van der Waals surface area contributed by atoms with Crippen LogP contribution in [-0.4, -0.2) is 30.0 Å². The molecule has 0 spiro atoms. The van der Waals surface area contributed by atoms with Gasteiger partial charge in [-0.2, -0.15) is 0 Å². The van der Waals surface area contributed by atoms with Crippen molar-refractivity contribution in [1.29, 1.82) is 0 Å². The molecule has 4 aliphatic carbocycles. The van der Waals surface area contributed by atoms with Crippen molar-refractivity contribution in [1.82, 2.24) is 4.90 Å². The van der Waals surface area contributed by atoms with Crippen molar-refractivity contribution in [2.24, 2.45) is 23.7 Å². The van der Waals surface area contributed by atoms with Gasteiger partial charge in [-0.05, 0) is 69.9 Å². The highest BCUT2D eigenvalue weighted by atomic mass is 16.0. The van der Waals surface area contributed by atoms with E-state index in [2.05, 4.69) is 25.9 Å². The van der Waals surface area contributed by atoms with Crippen LogP contribution in [0.3, 0.4) is 0 Å². The molecule has 4 saturated carbocycles. The zero-order chi connectivity index (χ0) is 9.92. The molecule has 0 aliphatic heterocycles. The van der Waals surface area contributed by atoms with Crippen molar-refractivity contribution >= 4 is 0 Å². The molecular formula is C13H25NO. The van der Waals surface area contributed by atoms with Gasteiger partial charge in [-0.15, -0.1) is 0 Å². The molecule has 0 radical (unpaired) electrons. The van der Waals surface area contributed by atoms with Gasteiger partial charge in [-0.3, -0.25) is 0 Å². The summed E-state index contributed by atoms with van der Waals surface area (Å²) >= 11 is 0. The van der Waals surface area contributed by atoms with E-state index in [-0.39, 0.29) is 5.48 Å². The third kappa shape index (κ3) is 1.38. The fraction of sp³-hybridized carbons (Fsp3) is 1.00. The molecule has 4 fully saturated rings. The van der Waals surface area contributed by atoms with Gasteiger partial charge in [0.2, 0.25) is 0 Å². The van der Waals surface area contributed by atoms with Gasteiger partial charge in [0.1, 0.15) is 0 Å². The van der Waals surface area contributed by atoms with E-state index in [1.165, 1.54) is 12.8 Å². The molecule has 4 bridgehead atoms. The van der Waals surface area contributed by atoms with Crippen LogP contribution in [-0.2, 0) is 0 Å². The molecule has 2 heteroatoms. The molecule has 0 heterocycles. The minimum absolute atomic E-state index is 0. The molecule has 3 unspecified atom stereocenters. The molecule has 0 aromatic heterocycles. The van der Waals surface area contributed by atoms with Crippen molar-refractivity contribution in [3.8, 4) is 0 Å². The van der Waals surface area contributed by atoms with Gasteiger partial charge < -0.3 is 10.4 Å². The monoisotopic (exact) mass is 211 g/mol. The number of hydrogen-bond donors (Lipinski definition) is 0.